The zero-order valence-electron chi connectivity index (χ0n) is 10.4. The lowest BCUT2D eigenvalue weighted by atomic mass is 9.98. The van der Waals surface area contributed by atoms with Gasteiger partial charge in [0.25, 0.3) is 0 Å². The number of ether oxygens (including phenoxy) is 1. The van der Waals surface area contributed by atoms with Crippen LogP contribution in [0.2, 0.25) is 5.02 Å². The van der Waals surface area contributed by atoms with Crippen LogP contribution in [-0.2, 0) is 6.42 Å². The highest BCUT2D eigenvalue weighted by atomic mass is 79.9. The summed E-state index contributed by atoms with van der Waals surface area (Å²) < 4.78 is 20.4. The summed E-state index contributed by atoms with van der Waals surface area (Å²) in [6, 6.07) is 8.29. The van der Waals surface area contributed by atoms with Gasteiger partial charge in [-0.05, 0) is 23.8 Å². The van der Waals surface area contributed by atoms with Crippen LogP contribution in [-0.4, -0.2) is 11.7 Å². The molecule has 2 aromatic carbocycles. The lowest BCUT2D eigenvalue weighted by Gasteiger charge is -2.16. The molecule has 0 bridgehead atoms. The SMILES string of the molecule is OC(c1cccc(Cl)c1F)c1cc(Br)cc2c1OCC2. The fourth-order valence-corrected chi connectivity index (χ4v) is 3.11. The zero-order chi connectivity index (χ0) is 14.3. The Kier molecular flexibility index (Phi) is 3.71. The molecule has 0 radical (unpaired) electrons. The van der Waals surface area contributed by atoms with Crippen LogP contribution in [0.4, 0.5) is 4.39 Å². The van der Waals surface area contributed by atoms with E-state index in [1.165, 1.54) is 12.1 Å². The molecule has 1 atom stereocenters. The van der Waals surface area contributed by atoms with E-state index in [0.29, 0.717) is 17.9 Å². The van der Waals surface area contributed by atoms with Gasteiger partial charge in [0.2, 0.25) is 0 Å². The quantitative estimate of drug-likeness (QED) is 0.870. The minimum absolute atomic E-state index is 0.00545. The molecular formula is C15H11BrClFO2. The molecule has 0 saturated carbocycles. The summed E-state index contributed by atoms with van der Waals surface area (Å²) in [5, 5.41) is 10.5. The van der Waals surface area contributed by atoms with Gasteiger partial charge in [0.05, 0.1) is 11.6 Å². The van der Waals surface area contributed by atoms with Gasteiger partial charge in [-0.25, -0.2) is 4.39 Å². The fourth-order valence-electron chi connectivity index (χ4n) is 2.40. The number of halogens is 3. The van der Waals surface area contributed by atoms with Crippen molar-refractivity contribution < 1.29 is 14.2 Å². The number of aliphatic hydroxyl groups excluding tert-OH is 1. The first-order valence-corrected chi connectivity index (χ1v) is 7.32. The third kappa shape index (κ3) is 2.32. The summed E-state index contributed by atoms with van der Waals surface area (Å²) in [7, 11) is 0. The van der Waals surface area contributed by atoms with Crippen LogP contribution in [0.15, 0.2) is 34.8 Å². The lowest BCUT2D eigenvalue weighted by Crippen LogP contribution is -2.05. The van der Waals surface area contributed by atoms with Gasteiger partial charge in [-0.2, -0.15) is 0 Å². The Morgan fingerprint density at radius 2 is 2.10 bits per heavy atom. The average molecular weight is 358 g/mol. The van der Waals surface area contributed by atoms with E-state index >= 15 is 0 Å². The van der Waals surface area contributed by atoms with E-state index < -0.39 is 11.9 Å². The number of rotatable bonds is 2. The molecule has 0 aliphatic carbocycles. The van der Waals surface area contributed by atoms with Crippen LogP contribution < -0.4 is 4.74 Å². The van der Waals surface area contributed by atoms with Gasteiger partial charge in [0.1, 0.15) is 17.7 Å². The number of fused-ring (bicyclic) bond motifs is 1. The summed E-state index contributed by atoms with van der Waals surface area (Å²) in [6.45, 7) is 0.573. The molecule has 1 aliphatic heterocycles. The lowest BCUT2D eigenvalue weighted by molar-refractivity contribution is 0.208. The van der Waals surface area contributed by atoms with E-state index in [-0.39, 0.29) is 10.6 Å². The van der Waals surface area contributed by atoms with Crippen LogP contribution in [0.1, 0.15) is 22.8 Å². The van der Waals surface area contributed by atoms with Crippen LogP contribution in [0, 0.1) is 5.82 Å². The maximum absolute atomic E-state index is 14.0. The number of aliphatic hydroxyl groups is 1. The zero-order valence-corrected chi connectivity index (χ0v) is 12.7. The van der Waals surface area contributed by atoms with E-state index in [1.807, 2.05) is 6.07 Å². The molecule has 1 heterocycles. The highest BCUT2D eigenvalue weighted by Crippen LogP contribution is 2.39. The molecule has 0 saturated heterocycles. The second-order valence-electron chi connectivity index (χ2n) is 4.63. The molecule has 0 fully saturated rings. The smallest absolute Gasteiger partial charge is 0.147 e. The molecule has 2 nitrogen and oxygen atoms in total. The molecule has 0 aromatic heterocycles. The van der Waals surface area contributed by atoms with E-state index in [9.17, 15) is 9.50 Å². The largest absolute Gasteiger partial charge is 0.493 e. The van der Waals surface area contributed by atoms with Crippen molar-refractivity contribution in [2.75, 3.05) is 6.61 Å². The van der Waals surface area contributed by atoms with Gasteiger partial charge in [-0.1, -0.05) is 39.7 Å². The Hall–Kier alpha value is -1.10. The molecule has 5 heteroatoms. The summed E-state index contributed by atoms with van der Waals surface area (Å²) in [6.07, 6.45) is -0.329. The Morgan fingerprint density at radius 1 is 1.30 bits per heavy atom. The van der Waals surface area contributed by atoms with Crippen LogP contribution >= 0.6 is 27.5 Å². The average Bonchev–Trinajstić information content (AvgIpc) is 2.88. The van der Waals surface area contributed by atoms with Crippen LogP contribution in [0.3, 0.4) is 0 Å². The van der Waals surface area contributed by atoms with Gasteiger partial charge in [-0.3, -0.25) is 0 Å². The molecule has 1 N–H and O–H groups in total. The van der Waals surface area contributed by atoms with E-state index in [4.69, 9.17) is 16.3 Å². The van der Waals surface area contributed by atoms with Crippen molar-refractivity contribution in [3.8, 4) is 5.75 Å². The topological polar surface area (TPSA) is 29.5 Å². The van der Waals surface area contributed by atoms with Crippen LogP contribution in [0.5, 0.6) is 5.75 Å². The molecule has 0 amide bonds. The molecule has 2 aromatic rings. The van der Waals surface area contributed by atoms with Crippen molar-refractivity contribution in [1.82, 2.24) is 0 Å². The Labute approximate surface area is 129 Å². The molecule has 104 valence electrons. The van der Waals surface area contributed by atoms with Crippen LogP contribution in [0.25, 0.3) is 0 Å². The monoisotopic (exact) mass is 356 g/mol. The molecule has 3 rings (SSSR count). The Morgan fingerprint density at radius 3 is 2.90 bits per heavy atom. The molecule has 0 spiro atoms. The first kappa shape index (κ1) is 13.9. The predicted molar refractivity (Wildman–Crippen MR) is 78.8 cm³/mol. The molecular weight excluding hydrogens is 347 g/mol. The van der Waals surface area contributed by atoms with Crippen molar-refractivity contribution in [1.29, 1.82) is 0 Å². The molecule has 20 heavy (non-hydrogen) atoms. The predicted octanol–water partition coefficient (Wildman–Crippen LogP) is 4.26. The van der Waals surface area contributed by atoms with Gasteiger partial charge in [0.15, 0.2) is 0 Å². The van der Waals surface area contributed by atoms with Gasteiger partial charge < -0.3 is 9.84 Å². The van der Waals surface area contributed by atoms with Gasteiger partial charge >= 0.3 is 0 Å². The van der Waals surface area contributed by atoms with Crippen molar-refractivity contribution in [3.05, 3.63) is 62.3 Å². The van der Waals surface area contributed by atoms with Gasteiger partial charge in [-0.15, -0.1) is 0 Å². The third-order valence-corrected chi connectivity index (χ3v) is 4.10. The summed E-state index contributed by atoms with van der Waals surface area (Å²) in [5.74, 6) is 0.0356. The van der Waals surface area contributed by atoms with E-state index in [0.717, 1.165) is 16.5 Å². The maximum atomic E-state index is 14.0. The summed E-state index contributed by atoms with van der Waals surface area (Å²) in [5.41, 5.74) is 1.71. The molecule has 1 aliphatic rings. The number of hydrogen-bond acceptors (Lipinski definition) is 2. The van der Waals surface area contributed by atoms with Crippen molar-refractivity contribution in [3.63, 3.8) is 0 Å². The second kappa shape index (κ2) is 5.35. The standard InChI is InChI=1S/C15H11BrClFO2/c16-9-6-8-4-5-20-15(8)11(7-9)14(19)10-2-1-3-12(17)13(10)18/h1-3,6-7,14,19H,4-5H2. The van der Waals surface area contributed by atoms with Crippen molar-refractivity contribution in [2.24, 2.45) is 0 Å². The highest BCUT2D eigenvalue weighted by Gasteiger charge is 2.25. The normalized spacial score (nSPS) is 14.8. The maximum Gasteiger partial charge on any atom is 0.147 e. The fraction of sp³-hybridized carbons (Fsp3) is 0.200. The van der Waals surface area contributed by atoms with E-state index in [1.54, 1.807) is 12.1 Å². The number of benzene rings is 2. The van der Waals surface area contributed by atoms with Gasteiger partial charge in [0, 0.05) is 22.0 Å². The third-order valence-electron chi connectivity index (χ3n) is 3.35. The number of hydrogen-bond donors (Lipinski definition) is 1. The summed E-state index contributed by atoms with van der Waals surface area (Å²) in [4.78, 5) is 0. The molecule has 1 unspecified atom stereocenters. The Balaban J connectivity index is 2.11. The first-order valence-electron chi connectivity index (χ1n) is 6.15. The first-order chi connectivity index (χ1) is 9.58. The minimum atomic E-state index is -1.11. The summed E-state index contributed by atoms with van der Waals surface area (Å²) >= 11 is 9.17. The van der Waals surface area contributed by atoms with Crippen molar-refractivity contribution >= 4 is 27.5 Å². The second-order valence-corrected chi connectivity index (χ2v) is 5.95. The minimum Gasteiger partial charge on any atom is -0.493 e. The van der Waals surface area contributed by atoms with E-state index in [2.05, 4.69) is 15.9 Å². The Bertz CT molecular complexity index is 675. The highest BCUT2D eigenvalue weighted by molar-refractivity contribution is 9.10. The van der Waals surface area contributed by atoms with Crippen molar-refractivity contribution in [2.45, 2.75) is 12.5 Å².